The zero-order valence-electron chi connectivity index (χ0n) is 11.5. The van der Waals surface area contributed by atoms with Gasteiger partial charge in [0.1, 0.15) is 5.76 Å². The molecule has 0 aliphatic carbocycles. The molecule has 0 aliphatic heterocycles. The summed E-state index contributed by atoms with van der Waals surface area (Å²) in [6.07, 6.45) is 1.02. The molecule has 1 aromatic heterocycles. The van der Waals surface area contributed by atoms with E-state index in [4.69, 9.17) is 9.26 Å². The Morgan fingerprint density at radius 2 is 2.10 bits per heavy atom. The minimum absolute atomic E-state index is 0.0277. The number of ether oxygens (including phenoxy) is 1. The molecule has 0 radical (unpaired) electrons. The molecule has 5 heteroatoms. The normalized spacial score (nSPS) is 14.1. The van der Waals surface area contributed by atoms with Gasteiger partial charge in [-0.15, -0.1) is 0 Å². The SMILES string of the molecule is CC(OCC(O)CNCc1ccno1)c1ccccc1. The van der Waals surface area contributed by atoms with Gasteiger partial charge >= 0.3 is 0 Å². The molecule has 2 rings (SSSR count). The molecule has 0 saturated carbocycles. The van der Waals surface area contributed by atoms with Gasteiger partial charge in [-0.25, -0.2) is 0 Å². The molecular weight excluding hydrogens is 256 g/mol. The van der Waals surface area contributed by atoms with Gasteiger partial charge in [0.2, 0.25) is 0 Å². The van der Waals surface area contributed by atoms with Gasteiger partial charge in [-0.05, 0) is 12.5 Å². The van der Waals surface area contributed by atoms with Gasteiger partial charge in [0.25, 0.3) is 0 Å². The van der Waals surface area contributed by atoms with Gasteiger partial charge in [0, 0.05) is 12.6 Å². The summed E-state index contributed by atoms with van der Waals surface area (Å²) in [5.41, 5.74) is 1.11. The van der Waals surface area contributed by atoms with Crippen LogP contribution in [-0.4, -0.2) is 29.5 Å². The summed E-state index contributed by atoms with van der Waals surface area (Å²) in [4.78, 5) is 0. The topological polar surface area (TPSA) is 67.5 Å². The molecule has 0 bridgehead atoms. The van der Waals surface area contributed by atoms with Crippen LogP contribution in [0.25, 0.3) is 0 Å². The van der Waals surface area contributed by atoms with Crippen LogP contribution in [0.4, 0.5) is 0 Å². The van der Waals surface area contributed by atoms with E-state index in [0.717, 1.165) is 11.3 Å². The second-order valence-corrected chi connectivity index (χ2v) is 4.65. The number of aliphatic hydroxyl groups is 1. The molecule has 2 unspecified atom stereocenters. The highest BCUT2D eigenvalue weighted by Gasteiger charge is 2.09. The third-order valence-corrected chi connectivity index (χ3v) is 2.98. The molecule has 0 saturated heterocycles. The largest absolute Gasteiger partial charge is 0.389 e. The highest BCUT2D eigenvalue weighted by atomic mass is 16.5. The molecule has 2 atom stereocenters. The average Bonchev–Trinajstić information content (AvgIpc) is 2.99. The lowest BCUT2D eigenvalue weighted by Gasteiger charge is -2.17. The summed E-state index contributed by atoms with van der Waals surface area (Å²) < 4.78 is 10.6. The fourth-order valence-corrected chi connectivity index (χ4v) is 1.83. The first-order chi connectivity index (χ1) is 9.75. The van der Waals surface area contributed by atoms with Crippen LogP contribution in [-0.2, 0) is 11.3 Å². The van der Waals surface area contributed by atoms with Gasteiger partial charge in [-0.1, -0.05) is 35.5 Å². The summed E-state index contributed by atoms with van der Waals surface area (Å²) in [6, 6.07) is 11.7. The van der Waals surface area contributed by atoms with E-state index in [1.165, 1.54) is 0 Å². The number of hydrogen-bond donors (Lipinski definition) is 2. The van der Waals surface area contributed by atoms with E-state index in [0.29, 0.717) is 19.7 Å². The maximum Gasteiger partial charge on any atom is 0.150 e. The second-order valence-electron chi connectivity index (χ2n) is 4.65. The highest BCUT2D eigenvalue weighted by Crippen LogP contribution is 2.15. The van der Waals surface area contributed by atoms with E-state index in [2.05, 4.69) is 10.5 Å². The summed E-state index contributed by atoms with van der Waals surface area (Å²) in [7, 11) is 0. The Kier molecular flexibility index (Phi) is 5.73. The molecule has 0 aliphatic rings. The van der Waals surface area contributed by atoms with E-state index < -0.39 is 6.10 Å². The number of nitrogens with one attached hydrogen (secondary N) is 1. The highest BCUT2D eigenvalue weighted by molar-refractivity contribution is 5.16. The Morgan fingerprint density at radius 1 is 1.30 bits per heavy atom. The van der Waals surface area contributed by atoms with Crippen molar-refractivity contribution in [1.82, 2.24) is 10.5 Å². The zero-order chi connectivity index (χ0) is 14.2. The Balaban J connectivity index is 1.63. The summed E-state index contributed by atoms with van der Waals surface area (Å²) in [5.74, 6) is 0.746. The van der Waals surface area contributed by atoms with E-state index in [-0.39, 0.29) is 6.10 Å². The predicted molar refractivity (Wildman–Crippen MR) is 75.0 cm³/mol. The minimum Gasteiger partial charge on any atom is -0.389 e. The van der Waals surface area contributed by atoms with Crippen molar-refractivity contribution in [2.24, 2.45) is 0 Å². The first-order valence-corrected chi connectivity index (χ1v) is 6.70. The molecule has 20 heavy (non-hydrogen) atoms. The lowest BCUT2D eigenvalue weighted by Crippen LogP contribution is -2.30. The number of nitrogens with zero attached hydrogens (tertiary/aromatic N) is 1. The van der Waals surface area contributed by atoms with Crippen molar-refractivity contribution in [2.45, 2.75) is 25.7 Å². The second kappa shape index (κ2) is 7.79. The molecular formula is C15H20N2O3. The minimum atomic E-state index is -0.552. The van der Waals surface area contributed by atoms with Crippen LogP contribution < -0.4 is 5.32 Å². The average molecular weight is 276 g/mol. The molecule has 108 valence electrons. The lowest BCUT2D eigenvalue weighted by molar-refractivity contribution is -0.00227. The van der Waals surface area contributed by atoms with Crippen LogP contribution in [0.5, 0.6) is 0 Å². The molecule has 5 nitrogen and oxygen atoms in total. The van der Waals surface area contributed by atoms with Gasteiger partial charge in [0.05, 0.1) is 31.6 Å². The first kappa shape index (κ1) is 14.7. The van der Waals surface area contributed by atoms with Crippen molar-refractivity contribution < 1.29 is 14.4 Å². The molecule has 0 amide bonds. The van der Waals surface area contributed by atoms with Crippen LogP contribution in [0.2, 0.25) is 0 Å². The van der Waals surface area contributed by atoms with Gasteiger partial charge in [-0.3, -0.25) is 0 Å². The third-order valence-electron chi connectivity index (χ3n) is 2.98. The van der Waals surface area contributed by atoms with Crippen molar-refractivity contribution in [3.8, 4) is 0 Å². The number of benzene rings is 1. The van der Waals surface area contributed by atoms with Crippen molar-refractivity contribution in [3.63, 3.8) is 0 Å². The van der Waals surface area contributed by atoms with Crippen LogP contribution in [0.3, 0.4) is 0 Å². The van der Waals surface area contributed by atoms with Crippen molar-refractivity contribution in [2.75, 3.05) is 13.2 Å². The smallest absolute Gasteiger partial charge is 0.150 e. The molecule has 1 aromatic carbocycles. The van der Waals surface area contributed by atoms with Crippen molar-refractivity contribution in [1.29, 1.82) is 0 Å². The first-order valence-electron chi connectivity index (χ1n) is 6.70. The van der Waals surface area contributed by atoms with Crippen molar-refractivity contribution >= 4 is 0 Å². The van der Waals surface area contributed by atoms with Gasteiger partial charge in [0.15, 0.2) is 0 Å². The molecule has 2 aromatic rings. The van der Waals surface area contributed by atoms with E-state index >= 15 is 0 Å². The van der Waals surface area contributed by atoms with Crippen LogP contribution >= 0.6 is 0 Å². The van der Waals surface area contributed by atoms with Crippen LogP contribution in [0, 0.1) is 0 Å². The number of aliphatic hydroxyl groups excluding tert-OH is 1. The third kappa shape index (κ3) is 4.77. The summed E-state index contributed by atoms with van der Waals surface area (Å²) in [5, 5.41) is 16.5. The summed E-state index contributed by atoms with van der Waals surface area (Å²) in [6.45, 7) is 3.26. The maximum absolute atomic E-state index is 9.84. The molecule has 2 N–H and O–H groups in total. The van der Waals surface area contributed by atoms with E-state index in [9.17, 15) is 5.11 Å². The Morgan fingerprint density at radius 3 is 2.80 bits per heavy atom. The number of aromatic nitrogens is 1. The quantitative estimate of drug-likeness (QED) is 0.771. The molecule has 0 fully saturated rings. The predicted octanol–water partition coefficient (Wildman–Crippen LogP) is 1.90. The fourth-order valence-electron chi connectivity index (χ4n) is 1.83. The standard InChI is InChI=1S/C15H20N2O3/c1-12(13-5-3-2-4-6-13)19-11-14(18)9-16-10-15-7-8-17-20-15/h2-8,12,14,16,18H,9-11H2,1H3. The summed E-state index contributed by atoms with van der Waals surface area (Å²) >= 11 is 0. The Labute approximate surface area is 118 Å². The number of hydrogen-bond acceptors (Lipinski definition) is 5. The zero-order valence-corrected chi connectivity index (χ0v) is 11.5. The Hall–Kier alpha value is -1.69. The fraction of sp³-hybridized carbons (Fsp3) is 0.400. The molecule has 0 spiro atoms. The Bertz CT molecular complexity index is 473. The van der Waals surface area contributed by atoms with Crippen molar-refractivity contribution in [3.05, 3.63) is 53.9 Å². The van der Waals surface area contributed by atoms with Crippen LogP contribution in [0.1, 0.15) is 24.4 Å². The van der Waals surface area contributed by atoms with Crippen LogP contribution in [0.15, 0.2) is 47.1 Å². The van der Waals surface area contributed by atoms with Gasteiger partial charge < -0.3 is 19.7 Å². The van der Waals surface area contributed by atoms with Gasteiger partial charge in [-0.2, -0.15) is 0 Å². The maximum atomic E-state index is 9.84. The monoisotopic (exact) mass is 276 g/mol. The lowest BCUT2D eigenvalue weighted by atomic mass is 10.1. The number of rotatable bonds is 8. The van der Waals surface area contributed by atoms with E-state index in [1.54, 1.807) is 12.3 Å². The molecule has 1 heterocycles. The van der Waals surface area contributed by atoms with E-state index in [1.807, 2.05) is 37.3 Å².